The third-order valence-corrected chi connectivity index (χ3v) is 4.17. The van der Waals surface area contributed by atoms with Gasteiger partial charge in [-0.15, -0.1) is 0 Å². The van der Waals surface area contributed by atoms with E-state index < -0.39 is 0 Å². The molecular formula is C14H19NO. The lowest BCUT2D eigenvalue weighted by Gasteiger charge is -2.47. The highest BCUT2D eigenvalue weighted by Gasteiger charge is 2.44. The second-order valence-corrected chi connectivity index (χ2v) is 5.28. The largest absolute Gasteiger partial charge is 0.487 e. The molecule has 0 saturated heterocycles. The van der Waals surface area contributed by atoms with E-state index in [1.807, 2.05) is 0 Å². The molecule has 2 bridgehead atoms. The van der Waals surface area contributed by atoms with E-state index in [0.29, 0.717) is 12.0 Å². The zero-order valence-corrected chi connectivity index (χ0v) is 9.78. The van der Waals surface area contributed by atoms with E-state index in [1.165, 1.54) is 5.56 Å². The van der Waals surface area contributed by atoms with Gasteiger partial charge in [-0.2, -0.15) is 0 Å². The summed E-state index contributed by atoms with van der Waals surface area (Å²) in [7, 11) is 0. The first-order valence-corrected chi connectivity index (χ1v) is 6.26. The van der Waals surface area contributed by atoms with Crippen molar-refractivity contribution in [2.24, 2.45) is 5.73 Å². The Hall–Kier alpha value is -1.02. The number of fused-ring (bicyclic) bond motifs is 4. The Morgan fingerprint density at radius 2 is 2.19 bits per heavy atom. The maximum Gasteiger partial charge on any atom is 0.123 e. The first kappa shape index (κ1) is 10.2. The molecule has 1 fully saturated rings. The summed E-state index contributed by atoms with van der Waals surface area (Å²) in [5.41, 5.74) is 7.54. The van der Waals surface area contributed by atoms with E-state index in [1.54, 1.807) is 0 Å². The average Bonchev–Trinajstić information content (AvgIpc) is 2.28. The summed E-state index contributed by atoms with van der Waals surface area (Å²) < 4.78 is 6.23. The van der Waals surface area contributed by atoms with Crippen molar-refractivity contribution in [1.29, 1.82) is 0 Å². The fraction of sp³-hybridized carbons (Fsp3) is 0.571. The molecule has 3 rings (SSSR count). The molecular weight excluding hydrogens is 198 g/mol. The normalized spacial score (nSPS) is 36.4. The van der Waals surface area contributed by atoms with Gasteiger partial charge in [0.15, 0.2) is 0 Å². The van der Waals surface area contributed by atoms with Crippen LogP contribution in [-0.4, -0.2) is 11.6 Å². The number of nitrogens with two attached hydrogens (primary N) is 1. The molecule has 86 valence electrons. The molecule has 0 radical (unpaired) electrons. The van der Waals surface area contributed by atoms with E-state index >= 15 is 0 Å². The summed E-state index contributed by atoms with van der Waals surface area (Å²) >= 11 is 0. The fourth-order valence-electron chi connectivity index (χ4n) is 3.37. The smallest absolute Gasteiger partial charge is 0.123 e. The second-order valence-electron chi connectivity index (χ2n) is 5.28. The standard InChI is InChI=1S/C14H19NO/c1-2-14-8-10(7-11(15)9-14)12-5-3-4-6-13(12)16-14/h3-6,10-11H,2,7-9,15H2,1H3/t10-,11-,14-/m0/s1. The molecule has 3 atom stereocenters. The number of para-hydroxylation sites is 1. The zero-order valence-electron chi connectivity index (χ0n) is 9.78. The quantitative estimate of drug-likeness (QED) is 0.785. The van der Waals surface area contributed by atoms with Crippen LogP contribution in [0, 0.1) is 0 Å². The van der Waals surface area contributed by atoms with Gasteiger partial charge in [0.25, 0.3) is 0 Å². The van der Waals surface area contributed by atoms with Crippen LogP contribution >= 0.6 is 0 Å². The summed E-state index contributed by atoms with van der Waals surface area (Å²) in [5.74, 6) is 1.70. The molecule has 2 N–H and O–H groups in total. The molecule has 0 amide bonds. The topological polar surface area (TPSA) is 35.2 Å². The molecule has 1 aromatic carbocycles. The molecule has 1 aromatic rings. The minimum absolute atomic E-state index is 0.0106. The Labute approximate surface area is 96.8 Å². The first-order valence-electron chi connectivity index (χ1n) is 6.26. The van der Waals surface area contributed by atoms with Gasteiger partial charge in [-0.25, -0.2) is 0 Å². The molecule has 16 heavy (non-hydrogen) atoms. The van der Waals surface area contributed by atoms with Gasteiger partial charge in [0.2, 0.25) is 0 Å². The van der Waals surface area contributed by atoms with Crippen molar-refractivity contribution >= 4 is 0 Å². The third kappa shape index (κ3) is 1.44. The molecule has 1 saturated carbocycles. The minimum atomic E-state index is 0.0106. The van der Waals surface area contributed by atoms with Gasteiger partial charge in [-0.3, -0.25) is 0 Å². The third-order valence-electron chi connectivity index (χ3n) is 4.17. The van der Waals surface area contributed by atoms with Crippen LogP contribution in [0.5, 0.6) is 5.75 Å². The van der Waals surface area contributed by atoms with E-state index in [-0.39, 0.29) is 5.60 Å². The summed E-state index contributed by atoms with van der Waals surface area (Å²) in [6, 6.07) is 8.75. The van der Waals surface area contributed by atoms with Crippen molar-refractivity contribution in [3.63, 3.8) is 0 Å². The zero-order chi connectivity index (χ0) is 11.2. The Bertz CT molecular complexity index is 403. The highest BCUT2D eigenvalue weighted by molar-refractivity contribution is 5.40. The number of hydrogen-bond acceptors (Lipinski definition) is 2. The molecule has 0 unspecified atom stereocenters. The summed E-state index contributed by atoms with van der Waals surface area (Å²) in [4.78, 5) is 0. The van der Waals surface area contributed by atoms with Crippen molar-refractivity contribution in [2.45, 2.75) is 50.2 Å². The Morgan fingerprint density at radius 3 is 3.00 bits per heavy atom. The van der Waals surface area contributed by atoms with Gasteiger partial charge in [-0.05, 0) is 36.8 Å². The van der Waals surface area contributed by atoms with Crippen LogP contribution in [0.1, 0.15) is 44.1 Å². The Morgan fingerprint density at radius 1 is 1.38 bits per heavy atom. The lowest BCUT2D eigenvalue weighted by Crippen LogP contribution is -2.50. The van der Waals surface area contributed by atoms with Gasteiger partial charge in [0, 0.05) is 12.5 Å². The summed E-state index contributed by atoms with van der Waals surface area (Å²) in [6.07, 6.45) is 4.33. The number of rotatable bonds is 1. The van der Waals surface area contributed by atoms with Gasteiger partial charge in [0.05, 0.1) is 0 Å². The SMILES string of the molecule is CC[C@@]12C[C@@H](N)C[C@@H](C1)c1ccccc1O2. The van der Waals surface area contributed by atoms with Crippen LogP contribution in [0.3, 0.4) is 0 Å². The van der Waals surface area contributed by atoms with Crippen molar-refractivity contribution in [3.8, 4) is 5.75 Å². The minimum Gasteiger partial charge on any atom is -0.487 e. The van der Waals surface area contributed by atoms with Crippen LogP contribution in [-0.2, 0) is 0 Å². The second kappa shape index (κ2) is 3.49. The van der Waals surface area contributed by atoms with Crippen molar-refractivity contribution in [1.82, 2.24) is 0 Å². The number of hydrogen-bond donors (Lipinski definition) is 1. The molecule has 0 aromatic heterocycles. The highest BCUT2D eigenvalue weighted by atomic mass is 16.5. The number of benzene rings is 1. The van der Waals surface area contributed by atoms with Crippen molar-refractivity contribution in [2.75, 3.05) is 0 Å². The van der Waals surface area contributed by atoms with E-state index in [4.69, 9.17) is 10.5 Å². The van der Waals surface area contributed by atoms with Gasteiger partial charge in [-0.1, -0.05) is 25.1 Å². The van der Waals surface area contributed by atoms with Crippen molar-refractivity contribution < 1.29 is 4.74 Å². The first-order chi connectivity index (χ1) is 7.72. The number of ether oxygens (including phenoxy) is 1. The van der Waals surface area contributed by atoms with Crippen LogP contribution in [0.15, 0.2) is 24.3 Å². The highest BCUT2D eigenvalue weighted by Crippen LogP contribution is 2.49. The predicted molar refractivity (Wildman–Crippen MR) is 64.7 cm³/mol. The van der Waals surface area contributed by atoms with Crippen molar-refractivity contribution in [3.05, 3.63) is 29.8 Å². The van der Waals surface area contributed by atoms with Crippen LogP contribution < -0.4 is 10.5 Å². The predicted octanol–water partition coefficient (Wildman–Crippen LogP) is 2.82. The molecule has 2 aliphatic rings. The molecule has 2 nitrogen and oxygen atoms in total. The Kier molecular flexibility index (Phi) is 2.21. The van der Waals surface area contributed by atoms with E-state index in [2.05, 4.69) is 31.2 Å². The molecule has 1 heterocycles. The van der Waals surface area contributed by atoms with Gasteiger partial charge >= 0.3 is 0 Å². The fourth-order valence-corrected chi connectivity index (χ4v) is 3.37. The molecule has 0 spiro atoms. The van der Waals surface area contributed by atoms with Crippen LogP contribution in [0.2, 0.25) is 0 Å². The molecule has 2 heteroatoms. The van der Waals surface area contributed by atoms with E-state index in [9.17, 15) is 0 Å². The summed E-state index contributed by atoms with van der Waals surface area (Å²) in [5, 5.41) is 0. The summed E-state index contributed by atoms with van der Waals surface area (Å²) in [6.45, 7) is 2.21. The monoisotopic (exact) mass is 217 g/mol. The lowest BCUT2D eigenvalue weighted by atomic mass is 9.70. The molecule has 1 aliphatic carbocycles. The maximum absolute atomic E-state index is 6.23. The van der Waals surface area contributed by atoms with E-state index in [0.717, 1.165) is 31.4 Å². The molecule has 1 aliphatic heterocycles. The Balaban J connectivity index is 2.05. The van der Waals surface area contributed by atoms with Crippen LogP contribution in [0.25, 0.3) is 0 Å². The lowest BCUT2D eigenvalue weighted by molar-refractivity contribution is -0.00599. The average molecular weight is 217 g/mol. The van der Waals surface area contributed by atoms with Gasteiger partial charge in [0.1, 0.15) is 11.4 Å². The van der Waals surface area contributed by atoms with Gasteiger partial charge < -0.3 is 10.5 Å². The maximum atomic E-state index is 6.23. The van der Waals surface area contributed by atoms with Crippen LogP contribution in [0.4, 0.5) is 0 Å².